The van der Waals surface area contributed by atoms with Crippen LogP contribution in [0, 0.1) is 13.8 Å². The maximum Gasteiger partial charge on any atom is 0.263 e. The molecule has 0 aliphatic rings. The van der Waals surface area contributed by atoms with Crippen LogP contribution in [0.4, 0.5) is 5.82 Å². The van der Waals surface area contributed by atoms with E-state index < -0.39 is 0 Å². The summed E-state index contributed by atoms with van der Waals surface area (Å²) in [6.45, 7) is 3.69. The van der Waals surface area contributed by atoms with E-state index in [4.69, 9.17) is 21.0 Å². The SMILES string of the molecule is Cc1ccc(-c2nonc2NC(=O)COc2ccc(Cl)c(C)c2)cc1. The molecule has 3 aromatic rings. The van der Waals surface area contributed by atoms with E-state index in [-0.39, 0.29) is 18.3 Å². The fraction of sp³-hybridized carbons (Fsp3) is 0.167. The fourth-order valence-electron chi connectivity index (χ4n) is 2.20. The molecule has 0 spiro atoms. The second kappa shape index (κ2) is 7.36. The summed E-state index contributed by atoms with van der Waals surface area (Å²) in [7, 11) is 0. The van der Waals surface area contributed by atoms with Crippen molar-refractivity contribution in [3.05, 3.63) is 58.6 Å². The normalized spacial score (nSPS) is 10.5. The molecule has 0 aliphatic carbocycles. The molecule has 0 saturated carbocycles. The Morgan fingerprint density at radius 2 is 1.92 bits per heavy atom. The smallest absolute Gasteiger partial charge is 0.263 e. The number of nitrogens with one attached hydrogen (secondary N) is 1. The lowest BCUT2D eigenvalue weighted by Crippen LogP contribution is -2.20. The Morgan fingerprint density at radius 3 is 2.64 bits per heavy atom. The van der Waals surface area contributed by atoms with Gasteiger partial charge in [0.05, 0.1) is 0 Å². The van der Waals surface area contributed by atoms with Gasteiger partial charge in [0.15, 0.2) is 12.3 Å². The quantitative estimate of drug-likeness (QED) is 0.746. The summed E-state index contributed by atoms with van der Waals surface area (Å²) in [5.74, 6) is 0.454. The lowest BCUT2D eigenvalue weighted by atomic mass is 10.1. The molecule has 1 amide bonds. The highest BCUT2D eigenvalue weighted by Crippen LogP contribution is 2.25. The predicted octanol–water partition coefficient (Wildman–Crippen LogP) is 4.02. The average molecular weight is 358 g/mol. The molecule has 0 saturated heterocycles. The van der Waals surface area contributed by atoms with Gasteiger partial charge >= 0.3 is 0 Å². The molecule has 0 atom stereocenters. The molecule has 0 fully saturated rings. The molecule has 1 aromatic heterocycles. The first-order valence-electron chi connectivity index (χ1n) is 7.61. The molecule has 7 heteroatoms. The number of benzene rings is 2. The van der Waals surface area contributed by atoms with E-state index in [0.29, 0.717) is 16.5 Å². The third-order valence-corrected chi connectivity index (χ3v) is 3.99. The number of hydrogen-bond donors (Lipinski definition) is 1. The third-order valence-electron chi connectivity index (χ3n) is 3.57. The van der Waals surface area contributed by atoms with Crippen LogP contribution < -0.4 is 10.1 Å². The molecule has 6 nitrogen and oxygen atoms in total. The zero-order chi connectivity index (χ0) is 17.8. The molecule has 0 bridgehead atoms. The van der Waals surface area contributed by atoms with Gasteiger partial charge in [0, 0.05) is 10.6 Å². The molecule has 3 rings (SSSR count). The number of nitrogens with zero attached hydrogens (tertiary/aromatic N) is 2. The Morgan fingerprint density at radius 1 is 1.16 bits per heavy atom. The molecular weight excluding hydrogens is 342 g/mol. The minimum atomic E-state index is -0.364. The highest BCUT2D eigenvalue weighted by atomic mass is 35.5. The van der Waals surface area contributed by atoms with E-state index >= 15 is 0 Å². The predicted molar refractivity (Wildman–Crippen MR) is 94.8 cm³/mol. The van der Waals surface area contributed by atoms with Crippen molar-refractivity contribution >= 4 is 23.3 Å². The van der Waals surface area contributed by atoms with Crippen LogP contribution in [0.3, 0.4) is 0 Å². The van der Waals surface area contributed by atoms with Crippen molar-refractivity contribution in [2.45, 2.75) is 13.8 Å². The van der Waals surface area contributed by atoms with Crippen molar-refractivity contribution in [3.63, 3.8) is 0 Å². The summed E-state index contributed by atoms with van der Waals surface area (Å²) in [4.78, 5) is 12.1. The van der Waals surface area contributed by atoms with Gasteiger partial charge in [-0.1, -0.05) is 41.4 Å². The van der Waals surface area contributed by atoms with Gasteiger partial charge in [-0.2, -0.15) is 0 Å². The topological polar surface area (TPSA) is 77.3 Å². The maximum absolute atomic E-state index is 12.1. The standard InChI is InChI=1S/C18H16ClN3O3/c1-11-3-5-13(6-4-11)17-18(22-25-21-17)20-16(23)10-24-14-7-8-15(19)12(2)9-14/h3-9H,10H2,1-2H3,(H,20,22,23). The number of anilines is 1. The molecular formula is C18H16ClN3O3. The molecule has 0 aliphatic heterocycles. The van der Waals surface area contributed by atoms with E-state index in [9.17, 15) is 4.79 Å². The molecule has 128 valence electrons. The zero-order valence-electron chi connectivity index (χ0n) is 13.7. The number of ether oxygens (including phenoxy) is 1. The largest absolute Gasteiger partial charge is 0.484 e. The van der Waals surface area contributed by atoms with Gasteiger partial charge in [0.2, 0.25) is 5.82 Å². The highest BCUT2D eigenvalue weighted by molar-refractivity contribution is 6.31. The summed E-state index contributed by atoms with van der Waals surface area (Å²) in [5.41, 5.74) is 3.27. The maximum atomic E-state index is 12.1. The summed E-state index contributed by atoms with van der Waals surface area (Å²) in [6, 6.07) is 12.9. The number of hydrogen-bond acceptors (Lipinski definition) is 5. The van der Waals surface area contributed by atoms with Crippen LogP contribution in [0.15, 0.2) is 47.1 Å². The van der Waals surface area contributed by atoms with Crippen molar-refractivity contribution in [2.75, 3.05) is 11.9 Å². The molecule has 0 radical (unpaired) electrons. The first-order valence-corrected chi connectivity index (χ1v) is 7.99. The van der Waals surface area contributed by atoms with E-state index in [1.807, 2.05) is 38.1 Å². The van der Waals surface area contributed by atoms with E-state index in [0.717, 1.165) is 16.7 Å². The van der Waals surface area contributed by atoms with Crippen molar-refractivity contribution < 1.29 is 14.2 Å². The number of carbonyl (C=O) groups is 1. The third kappa shape index (κ3) is 4.16. The zero-order valence-corrected chi connectivity index (χ0v) is 14.5. The van der Waals surface area contributed by atoms with E-state index in [1.54, 1.807) is 18.2 Å². The van der Waals surface area contributed by atoms with Gasteiger partial charge in [-0.25, -0.2) is 4.63 Å². The van der Waals surface area contributed by atoms with Crippen molar-refractivity contribution in [1.29, 1.82) is 0 Å². The Hall–Kier alpha value is -2.86. The van der Waals surface area contributed by atoms with Crippen LogP contribution in [-0.4, -0.2) is 22.8 Å². The Balaban J connectivity index is 1.64. The fourth-order valence-corrected chi connectivity index (χ4v) is 2.31. The van der Waals surface area contributed by atoms with Gasteiger partial charge in [0.1, 0.15) is 5.75 Å². The van der Waals surface area contributed by atoms with Gasteiger partial charge in [-0.05, 0) is 47.9 Å². The lowest BCUT2D eigenvalue weighted by Gasteiger charge is -2.07. The van der Waals surface area contributed by atoms with Gasteiger partial charge in [-0.3, -0.25) is 4.79 Å². The Kier molecular flexibility index (Phi) is 5.00. The van der Waals surface area contributed by atoms with Gasteiger partial charge < -0.3 is 10.1 Å². The molecule has 1 heterocycles. The summed E-state index contributed by atoms with van der Waals surface area (Å²) >= 11 is 5.96. The van der Waals surface area contributed by atoms with Crippen LogP contribution >= 0.6 is 11.6 Å². The molecule has 2 aromatic carbocycles. The van der Waals surface area contributed by atoms with Crippen molar-refractivity contribution in [2.24, 2.45) is 0 Å². The van der Waals surface area contributed by atoms with Crippen LogP contribution in [0.25, 0.3) is 11.3 Å². The van der Waals surface area contributed by atoms with Crippen LogP contribution in [-0.2, 0) is 4.79 Å². The van der Waals surface area contributed by atoms with Crippen LogP contribution in [0.2, 0.25) is 5.02 Å². The minimum absolute atomic E-state index is 0.165. The first kappa shape index (κ1) is 17.0. The average Bonchev–Trinajstić information content (AvgIpc) is 3.05. The first-order chi connectivity index (χ1) is 12.0. The molecule has 0 unspecified atom stereocenters. The van der Waals surface area contributed by atoms with E-state index in [2.05, 4.69) is 15.6 Å². The van der Waals surface area contributed by atoms with Crippen molar-refractivity contribution in [3.8, 4) is 17.0 Å². The van der Waals surface area contributed by atoms with E-state index in [1.165, 1.54) is 0 Å². The summed E-state index contributed by atoms with van der Waals surface area (Å²) in [6.07, 6.45) is 0. The molecule has 25 heavy (non-hydrogen) atoms. The summed E-state index contributed by atoms with van der Waals surface area (Å²) < 4.78 is 10.2. The van der Waals surface area contributed by atoms with Crippen molar-refractivity contribution in [1.82, 2.24) is 10.3 Å². The number of aryl methyl sites for hydroxylation is 2. The van der Waals surface area contributed by atoms with Gasteiger partial charge in [-0.15, -0.1) is 0 Å². The van der Waals surface area contributed by atoms with Crippen LogP contribution in [0.1, 0.15) is 11.1 Å². The number of rotatable bonds is 5. The second-order valence-corrected chi connectivity index (χ2v) is 5.98. The van der Waals surface area contributed by atoms with Crippen LogP contribution in [0.5, 0.6) is 5.75 Å². The monoisotopic (exact) mass is 357 g/mol. The second-order valence-electron chi connectivity index (χ2n) is 5.58. The number of carbonyl (C=O) groups excluding carboxylic acids is 1. The lowest BCUT2D eigenvalue weighted by molar-refractivity contribution is -0.118. The molecule has 1 N–H and O–H groups in total. The number of halogens is 1. The number of amides is 1. The minimum Gasteiger partial charge on any atom is -0.484 e. The summed E-state index contributed by atoms with van der Waals surface area (Å²) in [5, 5.41) is 10.9. The number of aromatic nitrogens is 2. The Bertz CT molecular complexity index is 891. The van der Waals surface area contributed by atoms with Gasteiger partial charge in [0.25, 0.3) is 5.91 Å². The Labute approximate surface area is 149 Å². The highest BCUT2D eigenvalue weighted by Gasteiger charge is 2.15.